The van der Waals surface area contributed by atoms with E-state index < -0.39 is 0 Å². The Hall–Kier alpha value is -1.01. The molecule has 0 amide bonds. The predicted molar refractivity (Wildman–Crippen MR) is 63.5 cm³/mol. The number of rotatable bonds is 2. The summed E-state index contributed by atoms with van der Waals surface area (Å²) in [5, 5.41) is 11.5. The average Bonchev–Trinajstić information content (AvgIpc) is 2.26. The fourth-order valence-electron chi connectivity index (χ4n) is 0.744. The van der Waals surface area contributed by atoms with Crippen LogP contribution in [0.25, 0.3) is 0 Å². The quantitative estimate of drug-likeness (QED) is 0.470. The molecule has 0 unspecified atom stereocenters. The molecule has 0 atom stereocenters. The monoisotopic (exact) mass is 226 g/mol. The van der Waals surface area contributed by atoms with Gasteiger partial charge in [0.15, 0.2) is 4.32 Å². The van der Waals surface area contributed by atoms with E-state index in [1.165, 1.54) is 11.8 Å². The van der Waals surface area contributed by atoms with E-state index in [9.17, 15) is 0 Å². The summed E-state index contributed by atoms with van der Waals surface area (Å²) < 4.78 is 0.645. The molecule has 1 heterocycles. The molecule has 0 aromatic carbocycles. The Balaban J connectivity index is 2.66. The van der Waals surface area contributed by atoms with Crippen molar-refractivity contribution >= 4 is 34.0 Å². The summed E-state index contributed by atoms with van der Waals surface area (Å²) >= 11 is 6.39. The number of hydrazone groups is 1. The molecule has 1 aromatic rings. The number of nitrogens with one attached hydrogen (secondary N) is 1. The van der Waals surface area contributed by atoms with Crippen molar-refractivity contribution < 1.29 is 0 Å². The molecule has 0 bridgehead atoms. The van der Waals surface area contributed by atoms with Crippen molar-refractivity contribution in [1.29, 1.82) is 0 Å². The third-order valence-corrected chi connectivity index (χ3v) is 2.56. The highest BCUT2D eigenvalue weighted by molar-refractivity contribution is 8.22. The summed E-state index contributed by atoms with van der Waals surface area (Å²) in [6.07, 6.45) is 5.18. The minimum absolute atomic E-state index is 0.645. The number of thioether (sulfide) groups is 1. The standard InChI is InChI=1S/C8H10N4S2/c1-6(11-12-8(13)14-2)7-3-4-9-10-5-7/h3-5H,1-2H3,(H,12,13)/b11-6-. The van der Waals surface area contributed by atoms with Crippen LogP contribution in [0.1, 0.15) is 12.5 Å². The maximum Gasteiger partial charge on any atom is 0.153 e. The molecule has 0 saturated carbocycles. The number of hydrogen-bond donors (Lipinski definition) is 1. The first kappa shape index (κ1) is 11.1. The minimum Gasteiger partial charge on any atom is -0.262 e. The number of hydrogen-bond acceptors (Lipinski definition) is 5. The van der Waals surface area contributed by atoms with E-state index in [0.29, 0.717) is 4.32 Å². The molecule has 0 fully saturated rings. The fraction of sp³-hybridized carbons (Fsp3) is 0.250. The van der Waals surface area contributed by atoms with Gasteiger partial charge in [-0.3, -0.25) is 5.43 Å². The fourth-order valence-corrected chi connectivity index (χ4v) is 0.927. The topological polar surface area (TPSA) is 50.2 Å². The Morgan fingerprint density at radius 1 is 1.57 bits per heavy atom. The Morgan fingerprint density at radius 3 is 2.93 bits per heavy atom. The zero-order chi connectivity index (χ0) is 10.4. The van der Waals surface area contributed by atoms with Gasteiger partial charge in [-0.25, -0.2) is 0 Å². The van der Waals surface area contributed by atoms with Crippen molar-refractivity contribution in [2.75, 3.05) is 6.26 Å². The molecule has 1 N–H and O–H groups in total. The van der Waals surface area contributed by atoms with Crippen molar-refractivity contribution in [3.63, 3.8) is 0 Å². The molecule has 0 radical (unpaired) electrons. The second kappa shape index (κ2) is 5.66. The first-order valence-electron chi connectivity index (χ1n) is 3.89. The molecular formula is C8H10N4S2. The molecule has 0 aliphatic rings. The molecule has 74 valence electrons. The lowest BCUT2D eigenvalue weighted by molar-refractivity contribution is 1.02. The molecule has 0 spiro atoms. The zero-order valence-corrected chi connectivity index (χ0v) is 9.52. The highest BCUT2D eigenvalue weighted by atomic mass is 32.2. The van der Waals surface area contributed by atoms with E-state index in [0.717, 1.165) is 11.3 Å². The molecule has 0 aliphatic heterocycles. The van der Waals surface area contributed by atoms with Crippen LogP contribution < -0.4 is 5.43 Å². The summed E-state index contributed by atoms with van der Waals surface area (Å²) in [6, 6.07) is 1.84. The molecule has 1 rings (SSSR count). The van der Waals surface area contributed by atoms with Crippen molar-refractivity contribution in [1.82, 2.24) is 15.6 Å². The van der Waals surface area contributed by atoms with Crippen molar-refractivity contribution in [3.8, 4) is 0 Å². The van der Waals surface area contributed by atoms with Gasteiger partial charge in [0, 0.05) is 5.56 Å². The summed E-state index contributed by atoms with van der Waals surface area (Å²) in [7, 11) is 0. The highest BCUT2D eigenvalue weighted by Gasteiger charge is 1.96. The summed E-state index contributed by atoms with van der Waals surface area (Å²) in [4.78, 5) is 0. The Bertz CT molecular complexity index is 336. The second-order valence-electron chi connectivity index (χ2n) is 2.43. The lowest BCUT2D eigenvalue weighted by Crippen LogP contribution is -2.13. The minimum atomic E-state index is 0.645. The van der Waals surface area contributed by atoms with Gasteiger partial charge >= 0.3 is 0 Å². The van der Waals surface area contributed by atoms with Gasteiger partial charge in [0.1, 0.15) is 0 Å². The van der Waals surface area contributed by atoms with E-state index in [1.54, 1.807) is 12.4 Å². The van der Waals surface area contributed by atoms with Gasteiger partial charge in [-0.1, -0.05) is 24.0 Å². The third kappa shape index (κ3) is 3.39. The number of aromatic nitrogens is 2. The van der Waals surface area contributed by atoms with Crippen LogP contribution in [0.15, 0.2) is 23.6 Å². The van der Waals surface area contributed by atoms with E-state index in [1.807, 2.05) is 19.2 Å². The second-order valence-corrected chi connectivity index (χ2v) is 3.91. The first-order valence-corrected chi connectivity index (χ1v) is 5.52. The maximum atomic E-state index is 4.94. The van der Waals surface area contributed by atoms with Crippen LogP contribution in [0.2, 0.25) is 0 Å². The van der Waals surface area contributed by atoms with Crippen LogP contribution in [0.5, 0.6) is 0 Å². The highest BCUT2D eigenvalue weighted by Crippen LogP contribution is 1.98. The van der Waals surface area contributed by atoms with E-state index >= 15 is 0 Å². The average molecular weight is 226 g/mol. The van der Waals surface area contributed by atoms with Crippen LogP contribution in [-0.2, 0) is 0 Å². The molecule has 14 heavy (non-hydrogen) atoms. The normalized spacial score (nSPS) is 11.1. The molecular weight excluding hydrogens is 216 g/mol. The van der Waals surface area contributed by atoms with Gasteiger partial charge in [0.05, 0.1) is 18.1 Å². The lowest BCUT2D eigenvalue weighted by atomic mass is 10.2. The molecule has 1 aromatic heterocycles. The molecule has 0 aliphatic carbocycles. The smallest absolute Gasteiger partial charge is 0.153 e. The van der Waals surface area contributed by atoms with Gasteiger partial charge in [0.2, 0.25) is 0 Å². The first-order chi connectivity index (χ1) is 6.74. The largest absolute Gasteiger partial charge is 0.262 e. The van der Waals surface area contributed by atoms with Crippen LogP contribution in [0.4, 0.5) is 0 Å². The number of nitrogens with zero attached hydrogens (tertiary/aromatic N) is 3. The van der Waals surface area contributed by atoms with E-state index in [-0.39, 0.29) is 0 Å². The Morgan fingerprint density at radius 2 is 2.36 bits per heavy atom. The Kier molecular flexibility index (Phi) is 4.48. The third-order valence-electron chi connectivity index (χ3n) is 1.50. The molecule has 6 heteroatoms. The number of thiocarbonyl (C=S) groups is 1. The van der Waals surface area contributed by atoms with Crippen LogP contribution in [0.3, 0.4) is 0 Å². The summed E-state index contributed by atoms with van der Waals surface area (Å²) in [5.74, 6) is 0. The predicted octanol–water partition coefficient (Wildman–Crippen LogP) is 1.44. The van der Waals surface area contributed by atoms with Gasteiger partial charge < -0.3 is 0 Å². The Labute approximate surface area is 92.2 Å². The lowest BCUT2D eigenvalue weighted by Gasteiger charge is -2.01. The van der Waals surface area contributed by atoms with E-state index in [4.69, 9.17) is 12.2 Å². The SMILES string of the molecule is CSC(=S)N/N=C(/C)c1ccnnc1. The van der Waals surface area contributed by atoms with Crippen molar-refractivity contribution in [2.24, 2.45) is 5.10 Å². The van der Waals surface area contributed by atoms with Crippen LogP contribution in [0, 0.1) is 0 Å². The van der Waals surface area contributed by atoms with Crippen LogP contribution in [-0.4, -0.2) is 26.5 Å². The zero-order valence-electron chi connectivity index (χ0n) is 7.89. The maximum absolute atomic E-state index is 4.94. The summed E-state index contributed by atoms with van der Waals surface area (Å²) in [5.41, 5.74) is 4.52. The van der Waals surface area contributed by atoms with Gasteiger partial charge in [-0.2, -0.15) is 15.3 Å². The van der Waals surface area contributed by atoms with Gasteiger partial charge in [-0.05, 0) is 19.2 Å². The summed E-state index contributed by atoms with van der Waals surface area (Å²) in [6.45, 7) is 1.88. The van der Waals surface area contributed by atoms with Crippen molar-refractivity contribution in [3.05, 3.63) is 24.0 Å². The van der Waals surface area contributed by atoms with Gasteiger partial charge in [-0.15, -0.1) is 0 Å². The molecule has 0 saturated heterocycles. The van der Waals surface area contributed by atoms with Gasteiger partial charge in [0.25, 0.3) is 0 Å². The molecule has 4 nitrogen and oxygen atoms in total. The van der Waals surface area contributed by atoms with Crippen molar-refractivity contribution in [2.45, 2.75) is 6.92 Å². The van der Waals surface area contributed by atoms with E-state index in [2.05, 4.69) is 20.7 Å². The van der Waals surface area contributed by atoms with Crippen LogP contribution >= 0.6 is 24.0 Å².